The molecule has 0 aliphatic heterocycles. The van der Waals surface area contributed by atoms with Crippen LogP contribution in [-0.4, -0.2) is 28.8 Å². The van der Waals surface area contributed by atoms with Gasteiger partial charge < -0.3 is 15.5 Å². The lowest BCUT2D eigenvalue weighted by atomic mass is 9.87. The highest BCUT2D eigenvalue weighted by Crippen LogP contribution is 2.20. The van der Waals surface area contributed by atoms with Gasteiger partial charge in [0.15, 0.2) is 0 Å². The molecule has 1 rings (SSSR count). The van der Waals surface area contributed by atoms with Crippen molar-refractivity contribution in [2.24, 2.45) is 5.41 Å². The Kier molecular flexibility index (Phi) is 4.04. The number of hydrogen-bond acceptors (Lipinski definition) is 3. The number of rotatable bonds is 4. The summed E-state index contributed by atoms with van der Waals surface area (Å²) in [7, 11) is 0. The first-order chi connectivity index (χ1) is 7.47. The molecule has 1 aromatic carbocycles. The monoisotopic (exact) mass is 223 g/mol. The zero-order valence-electron chi connectivity index (χ0n) is 9.47. The molecule has 4 nitrogen and oxygen atoms in total. The predicted molar refractivity (Wildman–Crippen MR) is 61.9 cm³/mol. The summed E-state index contributed by atoms with van der Waals surface area (Å²) >= 11 is 0. The number of aliphatic hydroxyl groups excluding tert-OH is 2. The van der Waals surface area contributed by atoms with E-state index in [0.29, 0.717) is 5.69 Å². The normalized spacial score (nSPS) is 13.2. The maximum absolute atomic E-state index is 11.6. The van der Waals surface area contributed by atoms with Crippen LogP contribution in [0.5, 0.6) is 0 Å². The largest absolute Gasteiger partial charge is 0.396 e. The Balaban J connectivity index is 2.66. The Morgan fingerprint density at radius 1 is 1.38 bits per heavy atom. The first-order valence-electron chi connectivity index (χ1n) is 5.12. The van der Waals surface area contributed by atoms with Crippen molar-refractivity contribution in [3.63, 3.8) is 0 Å². The van der Waals surface area contributed by atoms with Gasteiger partial charge in [-0.1, -0.05) is 32.0 Å². The highest BCUT2D eigenvalue weighted by Gasteiger charge is 2.32. The minimum Gasteiger partial charge on any atom is -0.396 e. The van der Waals surface area contributed by atoms with Gasteiger partial charge in [0.05, 0.1) is 6.61 Å². The van der Waals surface area contributed by atoms with Crippen molar-refractivity contribution in [3.05, 3.63) is 30.3 Å². The van der Waals surface area contributed by atoms with Gasteiger partial charge in [0.2, 0.25) is 0 Å². The van der Waals surface area contributed by atoms with Crippen LogP contribution in [0.3, 0.4) is 0 Å². The summed E-state index contributed by atoms with van der Waals surface area (Å²) in [5.74, 6) is -0.509. The second-order valence-electron chi connectivity index (χ2n) is 4.40. The zero-order chi connectivity index (χ0) is 12.2. The molecule has 4 heteroatoms. The molecule has 0 heterocycles. The van der Waals surface area contributed by atoms with E-state index in [1.807, 2.05) is 6.07 Å². The molecular formula is C12H17NO3. The van der Waals surface area contributed by atoms with Gasteiger partial charge in [-0.2, -0.15) is 0 Å². The molecular weight excluding hydrogens is 206 g/mol. The summed E-state index contributed by atoms with van der Waals surface area (Å²) in [5, 5.41) is 21.4. The molecule has 3 N–H and O–H groups in total. The van der Waals surface area contributed by atoms with Gasteiger partial charge in [-0.3, -0.25) is 4.79 Å². The van der Waals surface area contributed by atoms with E-state index in [-0.39, 0.29) is 6.61 Å². The van der Waals surface area contributed by atoms with E-state index >= 15 is 0 Å². The average molecular weight is 223 g/mol. The van der Waals surface area contributed by atoms with Gasteiger partial charge in [-0.15, -0.1) is 0 Å². The van der Waals surface area contributed by atoms with E-state index < -0.39 is 17.4 Å². The van der Waals surface area contributed by atoms with Crippen LogP contribution in [0.2, 0.25) is 0 Å². The molecule has 1 atom stereocenters. The quantitative estimate of drug-likeness (QED) is 0.713. The lowest BCUT2D eigenvalue weighted by Gasteiger charge is -2.27. The van der Waals surface area contributed by atoms with Crippen LogP contribution in [0.15, 0.2) is 30.3 Å². The SMILES string of the molecule is CC(C)(CO)C(O)C(=O)Nc1ccccc1. The van der Waals surface area contributed by atoms with Crippen LogP contribution in [0.25, 0.3) is 0 Å². The maximum atomic E-state index is 11.6. The minimum atomic E-state index is -1.24. The van der Waals surface area contributed by atoms with Gasteiger partial charge in [0.25, 0.3) is 5.91 Å². The third-order valence-electron chi connectivity index (χ3n) is 2.44. The fraction of sp³-hybridized carbons (Fsp3) is 0.417. The fourth-order valence-corrected chi connectivity index (χ4v) is 1.17. The van der Waals surface area contributed by atoms with Crippen LogP contribution in [0.4, 0.5) is 5.69 Å². The molecule has 16 heavy (non-hydrogen) atoms. The van der Waals surface area contributed by atoms with Crippen LogP contribution in [-0.2, 0) is 4.79 Å². The Labute approximate surface area is 94.9 Å². The molecule has 0 saturated heterocycles. The Bertz CT molecular complexity index is 349. The van der Waals surface area contributed by atoms with E-state index in [1.165, 1.54) is 0 Å². The van der Waals surface area contributed by atoms with Crippen molar-refractivity contribution >= 4 is 11.6 Å². The number of anilines is 1. The third kappa shape index (κ3) is 3.05. The van der Waals surface area contributed by atoms with E-state index in [2.05, 4.69) is 5.32 Å². The number of carbonyl (C=O) groups excluding carboxylic acids is 1. The highest BCUT2D eigenvalue weighted by atomic mass is 16.3. The number of carbonyl (C=O) groups is 1. The molecule has 0 fully saturated rings. The summed E-state index contributed by atoms with van der Waals surface area (Å²) in [6.45, 7) is 3.00. The molecule has 0 saturated carbocycles. The van der Waals surface area contributed by atoms with Gasteiger partial charge >= 0.3 is 0 Å². The van der Waals surface area contributed by atoms with Crippen molar-refractivity contribution in [2.45, 2.75) is 20.0 Å². The first kappa shape index (κ1) is 12.7. The number of nitrogens with one attached hydrogen (secondary N) is 1. The van der Waals surface area contributed by atoms with Crippen molar-refractivity contribution < 1.29 is 15.0 Å². The molecule has 0 radical (unpaired) electrons. The van der Waals surface area contributed by atoms with Gasteiger partial charge in [-0.05, 0) is 12.1 Å². The molecule has 0 aromatic heterocycles. The van der Waals surface area contributed by atoms with Crippen molar-refractivity contribution in [1.82, 2.24) is 0 Å². The maximum Gasteiger partial charge on any atom is 0.253 e. The molecule has 1 unspecified atom stereocenters. The first-order valence-corrected chi connectivity index (χ1v) is 5.12. The Hall–Kier alpha value is -1.39. The summed E-state index contributed by atoms with van der Waals surface area (Å²) < 4.78 is 0. The third-order valence-corrected chi connectivity index (χ3v) is 2.44. The molecule has 0 spiro atoms. The average Bonchev–Trinajstić information content (AvgIpc) is 2.29. The standard InChI is InChI=1S/C12H17NO3/c1-12(2,8-14)10(15)11(16)13-9-6-4-3-5-7-9/h3-7,10,14-15H,8H2,1-2H3,(H,13,16). The fourth-order valence-electron chi connectivity index (χ4n) is 1.17. The van der Waals surface area contributed by atoms with Crippen molar-refractivity contribution in [3.8, 4) is 0 Å². The summed E-state index contributed by atoms with van der Waals surface area (Å²) in [5.41, 5.74) is -0.223. The smallest absolute Gasteiger partial charge is 0.253 e. The number of aliphatic hydroxyl groups is 2. The zero-order valence-corrected chi connectivity index (χ0v) is 9.47. The Morgan fingerprint density at radius 3 is 2.44 bits per heavy atom. The van der Waals surface area contributed by atoms with E-state index in [4.69, 9.17) is 5.11 Å². The summed E-state index contributed by atoms with van der Waals surface area (Å²) in [6.07, 6.45) is -1.24. The number of para-hydroxylation sites is 1. The molecule has 0 aliphatic rings. The molecule has 1 aromatic rings. The Morgan fingerprint density at radius 2 is 1.94 bits per heavy atom. The highest BCUT2D eigenvalue weighted by molar-refractivity contribution is 5.94. The lowest BCUT2D eigenvalue weighted by molar-refractivity contribution is -0.131. The minimum absolute atomic E-state index is 0.254. The molecule has 1 amide bonds. The van der Waals surface area contributed by atoms with Crippen LogP contribution < -0.4 is 5.32 Å². The van der Waals surface area contributed by atoms with Gasteiger partial charge in [-0.25, -0.2) is 0 Å². The molecule has 0 aliphatic carbocycles. The van der Waals surface area contributed by atoms with Crippen molar-refractivity contribution in [2.75, 3.05) is 11.9 Å². The number of amides is 1. The lowest BCUT2D eigenvalue weighted by Crippen LogP contribution is -2.42. The van der Waals surface area contributed by atoms with Crippen LogP contribution >= 0.6 is 0 Å². The van der Waals surface area contributed by atoms with E-state index in [0.717, 1.165) is 0 Å². The van der Waals surface area contributed by atoms with E-state index in [9.17, 15) is 9.90 Å². The second kappa shape index (κ2) is 5.09. The predicted octanol–water partition coefficient (Wildman–Crippen LogP) is 1.00. The number of benzene rings is 1. The van der Waals surface area contributed by atoms with Gasteiger partial charge in [0, 0.05) is 11.1 Å². The van der Waals surface area contributed by atoms with E-state index in [1.54, 1.807) is 38.1 Å². The van der Waals surface area contributed by atoms with Crippen LogP contribution in [0.1, 0.15) is 13.8 Å². The number of hydrogen-bond donors (Lipinski definition) is 3. The van der Waals surface area contributed by atoms with Crippen LogP contribution in [0, 0.1) is 5.41 Å². The van der Waals surface area contributed by atoms with Crippen molar-refractivity contribution in [1.29, 1.82) is 0 Å². The summed E-state index contributed by atoms with van der Waals surface area (Å²) in [6, 6.07) is 8.88. The topological polar surface area (TPSA) is 69.6 Å². The molecule has 88 valence electrons. The summed E-state index contributed by atoms with van der Waals surface area (Å²) in [4.78, 5) is 11.6. The van der Waals surface area contributed by atoms with Gasteiger partial charge in [0.1, 0.15) is 6.10 Å². The molecule has 0 bridgehead atoms. The second-order valence-corrected chi connectivity index (χ2v) is 4.40.